The summed E-state index contributed by atoms with van der Waals surface area (Å²) in [5.74, 6) is 1.21. The van der Waals surface area contributed by atoms with Crippen LogP contribution in [0.25, 0.3) is 0 Å². The van der Waals surface area contributed by atoms with Crippen molar-refractivity contribution >= 4 is 28.9 Å². The molecule has 0 aliphatic rings. The van der Waals surface area contributed by atoms with Gasteiger partial charge in [-0.2, -0.15) is 0 Å². The number of hydrogen-bond acceptors (Lipinski definition) is 2. The molecule has 2 N–H and O–H groups in total. The van der Waals surface area contributed by atoms with E-state index in [1.54, 1.807) is 12.1 Å². The van der Waals surface area contributed by atoms with Gasteiger partial charge in [-0.3, -0.25) is 0 Å². The van der Waals surface area contributed by atoms with E-state index < -0.39 is 0 Å². The van der Waals surface area contributed by atoms with Crippen LogP contribution < -0.4 is 10.5 Å². The van der Waals surface area contributed by atoms with Crippen molar-refractivity contribution in [2.45, 2.75) is 20.3 Å². The van der Waals surface area contributed by atoms with Crippen molar-refractivity contribution < 1.29 is 4.74 Å². The topological polar surface area (TPSA) is 35.2 Å². The summed E-state index contributed by atoms with van der Waals surface area (Å²) in [6, 6.07) is 3.26. The molecule has 0 aromatic heterocycles. The highest BCUT2D eigenvalue weighted by Gasteiger charge is 2.06. The van der Waals surface area contributed by atoms with Crippen LogP contribution in [0.1, 0.15) is 20.3 Å². The number of nitrogen functional groups attached to an aromatic ring is 1. The molecule has 0 saturated carbocycles. The fourth-order valence-electron chi connectivity index (χ4n) is 1.07. The lowest BCUT2D eigenvalue weighted by molar-refractivity contribution is 0.291. The van der Waals surface area contributed by atoms with E-state index in [0.29, 0.717) is 34.0 Å². The summed E-state index contributed by atoms with van der Waals surface area (Å²) in [7, 11) is 0. The van der Waals surface area contributed by atoms with Crippen molar-refractivity contribution in [3.05, 3.63) is 22.2 Å². The first-order valence-corrected chi connectivity index (χ1v) is 5.63. The van der Waals surface area contributed by atoms with Crippen LogP contribution in [-0.4, -0.2) is 6.61 Å². The first-order chi connectivity index (χ1) is 7.00. The second-order valence-corrected chi connectivity index (χ2v) is 4.65. The van der Waals surface area contributed by atoms with E-state index >= 15 is 0 Å². The Morgan fingerprint density at radius 2 is 1.87 bits per heavy atom. The van der Waals surface area contributed by atoms with Gasteiger partial charge in [0, 0.05) is 6.07 Å². The maximum atomic E-state index is 5.86. The van der Waals surface area contributed by atoms with Gasteiger partial charge in [0.05, 0.1) is 22.3 Å². The van der Waals surface area contributed by atoms with Crippen LogP contribution in [0.5, 0.6) is 5.75 Å². The number of nitrogens with two attached hydrogens (primary N) is 1. The van der Waals surface area contributed by atoms with E-state index in [0.717, 1.165) is 6.42 Å². The highest BCUT2D eigenvalue weighted by molar-refractivity contribution is 6.42. The van der Waals surface area contributed by atoms with Gasteiger partial charge in [0.15, 0.2) is 0 Å². The quantitative estimate of drug-likeness (QED) is 0.817. The van der Waals surface area contributed by atoms with Gasteiger partial charge >= 0.3 is 0 Å². The lowest BCUT2D eigenvalue weighted by atomic mass is 10.1. The van der Waals surface area contributed by atoms with Crippen molar-refractivity contribution in [2.75, 3.05) is 12.3 Å². The van der Waals surface area contributed by atoms with Crippen molar-refractivity contribution in [1.29, 1.82) is 0 Å². The van der Waals surface area contributed by atoms with Crippen LogP contribution in [0.3, 0.4) is 0 Å². The lowest BCUT2D eigenvalue weighted by Gasteiger charge is -2.11. The molecule has 0 heterocycles. The molecule has 1 rings (SSSR count). The van der Waals surface area contributed by atoms with Gasteiger partial charge in [-0.25, -0.2) is 0 Å². The number of ether oxygens (including phenoxy) is 1. The molecule has 4 heteroatoms. The highest BCUT2D eigenvalue weighted by atomic mass is 35.5. The van der Waals surface area contributed by atoms with Gasteiger partial charge in [-0.05, 0) is 18.4 Å². The van der Waals surface area contributed by atoms with Gasteiger partial charge < -0.3 is 10.5 Å². The maximum absolute atomic E-state index is 5.86. The first kappa shape index (κ1) is 12.5. The molecule has 84 valence electrons. The Balaban J connectivity index is 2.65. The Morgan fingerprint density at radius 1 is 1.27 bits per heavy atom. The van der Waals surface area contributed by atoms with Gasteiger partial charge in [0.2, 0.25) is 0 Å². The monoisotopic (exact) mass is 247 g/mol. The van der Waals surface area contributed by atoms with E-state index in [1.165, 1.54) is 0 Å². The summed E-state index contributed by atoms with van der Waals surface area (Å²) < 4.78 is 5.52. The van der Waals surface area contributed by atoms with E-state index in [2.05, 4.69) is 13.8 Å². The van der Waals surface area contributed by atoms with E-state index in [-0.39, 0.29) is 0 Å². The lowest BCUT2D eigenvalue weighted by Crippen LogP contribution is -2.03. The van der Waals surface area contributed by atoms with Crippen LogP contribution in [0.15, 0.2) is 12.1 Å². The van der Waals surface area contributed by atoms with Crippen LogP contribution >= 0.6 is 23.2 Å². The summed E-state index contributed by atoms with van der Waals surface area (Å²) in [5.41, 5.74) is 6.26. The zero-order chi connectivity index (χ0) is 11.4. The summed E-state index contributed by atoms with van der Waals surface area (Å²) in [5, 5.41) is 0.913. The zero-order valence-corrected chi connectivity index (χ0v) is 10.4. The molecular weight excluding hydrogens is 233 g/mol. The molecule has 1 aromatic carbocycles. The maximum Gasteiger partial charge on any atom is 0.143 e. The summed E-state index contributed by atoms with van der Waals surface area (Å²) in [6.45, 7) is 4.92. The number of hydrogen-bond donors (Lipinski definition) is 1. The molecule has 0 aliphatic carbocycles. The molecule has 0 radical (unpaired) electrons. The smallest absolute Gasteiger partial charge is 0.143 e. The molecule has 0 unspecified atom stereocenters. The van der Waals surface area contributed by atoms with Gasteiger partial charge in [0.25, 0.3) is 0 Å². The summed E-state index contributed by atoms with van der Waals surface area (Å²) in [4.78, 5) is 0. The minimum Gasteiger partial charge on any atom is -0.491 e. The number of halogens is 2. The van der Waals surface area contributed by atoms with Crippen molar-refractivity contribution in [1.82, 2.24) is 0 Å². The molecule has 0 atom stereocenters. The average molecular weight is 248 g/mol. The van der Waals surface area contributed by atoms with Crippen LogP contribution in [0.4, 0.5) is 5.69 Å². The molecule has 0 amide bonds. The minimum absolute atomic E-state index is 0.449. The Bertz CT molecular complexity index is 340. The molecule has 15 heavy (non-hydrogen) atoms. The SMILES string of the molecule is CC(C)CCOc1cc(Cl)c(Cl)cc1N. The predicted octanol–water partition coefficient (Wildman–Crippen LogP) is 4.00. The number of rotatable bonds is 4. The summed E-state index contributed by atoms with van der Waals surface area (Å²) >= 11 is 11.7. The third kappa shape index (κ3) is 3.80. The van der Waals surface area contributed by atoms with Crippen molar-refractivity contribution in [2.24, 2.45) is 5.92 Å². The van der Waals surface area contributed by atoms with E-state index in [1.807, 2.05) is 0 Å². The molecule has 0 fully saturated rings. The summed E-state index contributed by atoms with van der Waals surface area (Å²) in [6.07, 6.45) is 0.986. The predicted molar refractivity (Wildman–Crippen MR) is 65.8 cm³/mol. The minimum atomic E-state index is 0.449. The number of benzene rings is 1. The van der Waals surface area contributed by atoms with Crippen molar-refractivity contribution in [3.63, 3.8) is 0 Å². The van der Waals surface area contributed by atoms with E-state index in [9.17, 15) is 0 Å². The fraction of sp³-hybridized carbons (Fsp3) is 0.455. The fourth-order valence-corrected chi connectivity index (χ4v) is 1.40. The van der Waals surface area contributed by atoms with Crippen molar-refractivity contribution in [3.8, 4) is 5.75 Å². The van der Waals surface area contributed by atoms with Gasteiger partial charge in [-0.15, -0.1) is 0 Å². The standard InChI is InChI=1S/C11H15Cl2NO/c1-7(2)3-4-15-11-6-9(13)8(12)5-10(11)14/h5-7H,3-4,14H2,1-2H3. The molecule has 2 nitrogen and oxygen atoms in total. The Kier molecular flexibility index (Phi) is 4.55. The largest absolute Gasteiger partial charge is 0.491 e. The van der Waals surface area contributed by atoms with Gasteiger partial charge in [-0.1, -0.05) is 37.0 Å². The normalized spacial score (nSPS) is 10.7. The Hall–Kier alpha value is -0.600. The number of anilines is 1. The Labute approximate surface area is 100 Å². The Morgan fingerprint density at radius 3 is 2.47 bits per heavy atom. The molecule has 0 spiro atoms. The van der Waals surface area contributed by atoms with Crippen LogP contribution in [-0.2, 0) is 0 Å². The van der Waals surface area contributed by atoms with Gasteiger partial charge in [0.1, 0.15) is 5.75 Å². The first-order valence-electron chi connectivity index (χ1n) is 4.88. The third-order valence-corrected chi connectivity index (χ3v) is 2.73. The molecule has 1 aromatic rings. The molecule has 0 saturated heterocycles. The molecule has 0 bridgehead atoms. The van der Waals surface area contributed by atoms with Crippen LogP contribution in [0.2, 0.25) is 10.0 Å². The molecule has 0 aliphatic heterocycles. The molecular formula is C11H15Cl2NO. The highest BCUT2D eigenvalue weighted by Crippen LogP contribution is 2.32. The van der Waals surface area contributed by atoms with Crippen LogP contribution in [0, 0.1) is 5.92 Å². The zero-order valence-electron chi connectivity index (χ0n) is 8.89. The third-order valence-electron chi connectivity index (χ3n) is 2.01. The second-order valence-electron chi connectivity index (χ2n) is 3.84. The average Bonchev–Trinajstić information content (AvgIpc) is 2.13. The second kappa shape index (κ2) is 5.47. The van der Waals surface area contributed by atoms with E-state index in [4.69, 9.17) is 33.7 Å².